The van der Waals surface area contributed by atoms with E-state index in [2.05, 4.69) is 0 Å². The number of fused-ring (bicyclic) bond motifs is 1. The number of rotatable bonds is 4. The van der Waals surface area contributed by atoms with Gasteiger partial charge in [-0.15, -0.1) is 0 Å². The Morgan fingerprint density at radius 1 is 0.625 bits per heavy atom. The highest BCUT2D eigenvalue weighted by Crippen LogP contribution is 2.30. The molecule has 0 unspecified atom stereocenters. The third kappa shape index (κ3) is 2.62. The smallest absolute Gasteiger partial charge is 0.336 e. The summed E-state index contributed by atoms with van der Waals surface area (Å²) >= 11 is 0. The maximum Gasteiger partial charge on any atom is 0.336 e. The molecule has 0 fully saturated rings. The van der Waals surface area contributed by atoms with E-state index in [1.165, 1.54) is 11.0 Å². The minimum atomic E-state index is -1.49. The number of hydrogen-bond donors (Lipinski definition) is 6. The van der Waals surface area contributed by atoms with Crippen molar-refractivity contribution in [3.05, 3.63) is 46.5 Å². The van der Waals surface area contributed by atoms with Gasteiger partial charge in [0.1, 0.15) is 0 Å². The van der Waals surface area contributed by atoms with Crippen molar-refractivity contribution in [1.82, 2.24) is 11.0 Å². The van der Waals surface area contributed by atoms with Gasteiger partial charge < -0.3 is 10.2 Å². The maximum absolute atomic E-state index is 11.8. The van der Waals surface area contributed by atoms with Crippen molar-refractivity contribution in [3.63, 3.8) is 0 Å². The number of carboxylic acids is 2. The van der Waals surface area contributed by atoms with Crippen LogP contribution < -0.4 is 11.0 Å². The number of carbonyl (C=O) groups excluding carboxylic acids is 2. The second-order valence-corrected chi connectivity index (χ2v) is 4.56. The lowest BCUT2D eigenvalue weighted by Gasteiger charge is -2.13. The Hall–Kier alpha value is -3.50. The number of carbonyl (C=O) groups is 4. The molecule has 124 valence electrons. The summed E-state index contributed by atoms with van der Waals surface area (Å²) in [5.74, 6) is -5.15. The summed E-state index contributed by atoms with van der Waals surface area (Å²) in [6.07, 6.45) is 0. The quantitative estimate of drug-likeness (QED) is 0.346. The van der Waals surface area contributed by atoms with Gasteiger partial charge in [0.05, 0.1) is 22.3 Å². The Kier molecular flexibility index (Phi) is 4.44. The summed E-state index contributed by atoms with van der Waals surface area (Å²) < 4.78 is 0. The molecule has 0 aliphatic rings. The SMILES string of the molecule is O=C(O)c1ccc(C(=O)NO)c2c(C(=O)NO)ccc(C(=O)O)c12. The average Bonchev–Trinajstić information content (AvgIpc) is 2.57. The largest absolute Gasteiger partial charge is 0.478 e. The van der Waals surface area contributed by atoms with Crippen LogP contribution in [-0.2, 0) is 0 Å². The van der Waals surface area contributed by atoms with E-state index in [1.807, 2.05) is 0 Å². The summed E-state index contributed by atoms with van der Waals surface area (Å²) in [5.41, 5.74) is 1.02. The highest BCUT2D eigenvalue weighted by atomic mass is 16.5. The van der Waals surface area contributed by atoms with Crippen LogP contribution >= 0.6 is 0 Å². The van der Waals surface area contributed by atoms with Gasteiger partial charge in [0.15, 0.2) is 0 Å². The van der Waals surface area contributed by atoms with Crippen molar-refractivity contribution in [1.29, 1.82) is 0 Å². The van der Waals surface area contributed by atoms with Gasteiger partial charge in [-0.1, -0.05) is 0 Å². The molecule has 0 saturated heterocycles. The lowest BCUT2D eigenvalue weighted by Crippen LogP contribution is -2.23. The van der Waals surface area contributed by atoms with Crippen LogP contribution in [0.15, 0.2) is 24.3 Å². The van der Waals surface area contributed by atoms with Gasteiger partial charge in [0.2, 0.25) is 0 Å². The molecule has 2 aromatic rings. The minimum absolute atomic E-state index is 0.340. The molecule has 0 aliphatic carbocycles. The number of hydrogen-bond acceptors (Lipinski definition) is 6. The zero-order valence-corrected chi connectivity index (χ0v) is 11.7. The lowest BCUT2D eigenvalue weighted by molar-refractivity contribution is 0.0685. The Morgan fingerprint density at radius 3 is 1.21 bits per heavy atom. The van der Waals surface area contributed by atoms with Crippen LogP contribution in [-0.4, -0.2) is 44.4 Å². The number of aromatic carboxylic acids is 2. The summed E-state index contributed by atoms with van der Waals surface area (Å²) in [4.78, 5) is 46.4. The molecule has 24 heavy (non-hydrogen) atoms. The monoisotopic (exact) mass is 334 g/mol. The summed E-state index contributed by atoms with van der Waals surface area (Å²) in [7, 11) is 0. The highest BCUT2D eigenvalue weighted by molar-refractivity contribution is 6.23. The summed E-state index contributed by atoms with van der Waals surface area (Å²) in [5, 5.41) is 35.4. The lowest BCUT2D eigenvalue weighted by atomic mass is 9.91. The molecular weight excluding hydrogens is 324 g/mol. The molecule has 0 bridgehead atoms. The van der Waals surface area contributed by atoms with Gasteiger partial charge in [-0.25, -0.2) is 20.5 Å². The van der Waals surface area contributed by atoms with Crippen molar-refractivity contribution < 1.29 is 39.8 Å². The van der Waals surface area contributed by atoms with E-state index in [4.69, 9.17) is 10.4 Å². The molecule has 2 rings (SSSR count). The maximum atomic E-state index is 11.8. The van der Waals surface area contributed by atoms with E-state index in [0.717, 1.165) is 24.3 Å². The van der Waals surface area contributed by atoms with Gasteiger partial charge in [0.25, 0.3) is 11.8 Å². The Morgan fingerprint density at radius 2 is 0.917 bits per heavy atom. The standard InChI is InChI=1S/C14H10N2O8/c17-11(15-23)5-1-3-7(13(19)20)10-8(14(21)22)4-2-6(9(5)10)12(18)16-24/h1-4,23-24H,(H,15,17)(H,16,18)(H,19,20)(H,21,22). The van der Waals surface area contributed by atoms with E-state index in [9.17, 15) is 29.4 Å². The molecule has 2 aromatic carbocycles. The summed E-state index contributed by atoms with van der Waals surface area (Å²) in [6, 6.07) is 3.97. The first kappa shape index (κ1) is 16.9. The van der Waals surface area contributed by atoms with Gasteiger partial charge in [-0.3, -0.25) is 20.0 Å². The number of amides is 2. The third-order valence-corrected chi connectivity index (χ3v) is 3.31. The van der Waals surface area contributed by atoms with E-state index in [-0.39, 0.29) is 16.5 Å². The molecule has 10 nitrogen and oxygen atoms in total. The average molecular weight is 334 g/mol. The van der Waals surface area contributed by atoms with Crippen LogP contribution in [0, 0.1) is 0 Å². The minimum Gasteiger partial charge on any atom is -0.478 e. The number of carboxylic acid groups (broad SMARTS) is 2. The first-order valence-corrected chi connectivity index (χ1v) is 6.28. The molecule has 6 N–H and O–H groups in total. The van der Waals surface area contributed by atoms with Crippen molar-refractivity contribution in [2.24, 2.45) is 0 Å². The fraction of sp³-hybridized carbons (Fsp3) is 0. The van der Waals surface area contributed by atoms with Gasteiger partial charge in [-0.05, 0) is 24.3 Å². The van der Waals surface area contributed by atoms with Crippen LogP contribution in [0.25, 0.3) is 10.8 Å². The molecule has 0 heterocycles. The molecule has 0 saturated carbocycles. The van der Waals surface area contributed by atoms with Gasteiger partial charge >= 0.3 is 11.9 Å². The highest BCUT2D eigenvalue weighted by Gasteiger charge is 2.25. The molecule has 0 atom stereocenters. The van der Waals surface area contributed by atoms with Crippen molar-refractivity contribution in [2.75, 3.05) is 0 Å². The van der Waals surface area contributed by atoms with Crippen LogP contribution in [0.5, 0.6) is 0 Å². The normalized spacial score (nSPS) is 10.2. The molecule has 10 heteroatoms. The zero-order valence-electron chi connectivity index (χ0n) is 11.7. The fourth-order valence-corrected chi connectivity index (χ4v) is 2.35. The van der Waals surface area contributed by atoms with E-state index in [0.29, 0.717) is 0 Å². The van der Waals surface area contributed by atoms with E-state index < -0.39 is 40.3 Å². The van der Waals surface area contributed by atoms with Gasteiger partial charge in [0, 0.05) is 10.8 Å². The van der Waals surface area contributed by atoms with Crippen LogP contribution in [0.4, 0.5) is 0 Å². The molecule has 0 spiro atoms. The van der Waals surface area contributed by atoms with Crippen LogP contribution in [0.1, 0.15) is 41.4 Å². The predicted octanol–water partition coefficient (Wildman–Crippen LogP) is 0.474. The van der Waals surface area contributed by atoms with Gasteiger partial charge in [-0.2, -0.15) is 0 Å². The van der Waals surface area contributed by atoms with E-state index in [1.54, 1.807) is 0 Å². The molecular formula is C14H10N2O8. The predicted molar refractivity (Wildman–Crippen MR) is 76.4 cm³/mol. The number of nitrogens with one attached hydrogen (secondary N) is 2. The Labute approximate surface area is 132 Å². The van der Waals surface area contributed by atoms with Crippen molar-refractivity contribution in [3.8, 4) is 0 Å². The fourth-order valence-electron chi connectivity index (χ4n) is 2.35. The molecule has 0 aromatic heterocycles. The molecule has 0 aliphatic heterocycles. The first-order chi connectivity index (χ1) is 11.3. The summed E-state index contributed by atoms with van der Waals surface area (Å²) in [6.45, 7) is 0. The van der Waals surface area contributed by atoms with Crippen molar-refractivity contribution in [2.45, 2.75) is 0 Å². The van der Waals surface area contributed by atoms with Crippen molar-refractivity contribution >= 4 is 34.5 Å². The second-order valence-electron chi connectivity index (χ2n) is 4.56. The van der Waals surface area contributed by atoms with E-state index >= 15 is 0 Å². The van der Waals surface area contributed by atoms with Crippen LogP contribution in [0.2, 0.25) is 0 Å². The first-order valence-electron chi connectivity index (χ1n) is 6.28. The molecule has 0 radical (unpaired) electrons. The topological polar surface area (TPSA) is 173 Å². The van der Waals surface area contributed by atoms with Crippen LogP contribution in [0.3, 0.4) is 0 Å². The zero-order chi connectivity index (χ0) is 18.0. The molecule has 2 amide bonds. The Balaban J connectivity index is 3.12. The number of hydroxylamine groups is 2. The second kappa shape index (κ2) is 6.32. The Bertz CT molecular complexity index is 821. The number of benzene rings is 2. The third-order valence-electron chi connectivity index (χ3n) is 3.31.